The van der Waals surface area contributed by atoms with E-state index in [1.807, 2.05) is 6.07 Å². The molecule has 13 heavy (non-hydrogen) atoms. The van der Waals surface area contributed by atoms with Crippen LogP contribution in [0.4, 0.5) is 0 Å². The van der Waals surface area contributed by atoms with Gasteiger partial charge in [0.1, 0.15) is 5.76 Å². The lowest BCUT2D eigenvalue weighted by Gasteiger charge is -2.35. The Morgan fingerprint density at radius 1 is 1.54 bits per heavy atom. The van der Waals surface area contributed by atoms with E-state index in [9.17, 15) is 0 Å². The van der Waals surface area contributed by atoms with Crippen molar-refractivity contribution in [1.29, 1.82) is 0 Å². The van der Waals surface area contributed by atoms with Gasteiger partial charge in [0.15, 0.2) is 4.67 Å². The molecule has 2 N–H and O–H groups in total. The number of furan rings is 1. The Labute approximate surface area is 93.5 Å². The van der Waals surface area contributed by atoms with Gasteiger partial charge in [-0.1, -0.05) is 0 Å². The van der Waals surface area contributed by atoms with E-state index in [0.717, 1.165) is 34.5 Å². The molecule has 0 unspecified atom stereocenters. The first-order valence-corrected chi connectivity index (χ1v) is 5.65. The molecule has 1 aliphatic rings. The highest BCUT2D eigenvalue weighted by Gasteiger charge is 2.23. The summed E-state index contributed by atoms with van der Waals surface area (Å²) in [6.45, 7) is 2.78. The summed E-state index contributed by atoms with van der Waals surface area (Å²) in [6.07, 6.45) is 0. The van der Waals surface area contributed by atoms with Gasteiger partial charge in [-0.2, -0.15) is 0 Å². The summed E-state index contributed by atoms with van der Waals surface area (Å²) in [7, 11) is 0. The van der Waals surface area contributed by atoms with Crippen molar-refractivity contribution >= 4 is 31.9 Å². The third-order valence-corrected chi connectivity index (χ3v) is 3.77. The van der Waals surface area contributed by atoms with Crippen LogP contribution in [0.2, 0.25) is 0 Å². The van der Waals surface area contributed by atoms with Gasteiger partial charge >= 0.3 is 0 Å². The molecule has 5 heteroatoms. The topological polar surface area (TPSA) is 42.4 Å². The standard InChI is InChI=1S/C8H10Br2N2O/c9-7-1-6(13-8(7)10)4-12-2-5(11)3-12/h1,5H,2-4,11H2. The summed E-state index contributed by atoms with van der Waals surface area (Å²) in [4.78, 5) is 2.25. The number of hydrogen-bond acceptors (Lipinski definition) is 3. The summed E-state index contributed by atoms with van der Waals surface area (Å²) in [6, 6.07) is 2.33. The van der Waals surface area contributed by atoms with E-state index >= 15 is 0 Å². The van der Waals surface area contributed by atoms with Crippen molar-refractivity contribution in [3.63, 3.8) is 0 Å². The maximum absolute atomic E-state index is 5.67. The Bertz CT molecular complexity index is 288. The molecule has 0 radical (unpaired) electrons. The Hall–Kier alpha value is 0.160. The molecule has 1 fully saturated rings. The van der Waals surface area contributed by atoms with Crippen LogP contribution >= 0.6 is 31.9 Å². The van der Waals surface area contributed by atoms with E-state index in [4.69, 9.17) is 10.2 Å². The van der Waals surface area contributed by atoms with Crippen molar-refractivity contribution in [3.05, 3.63) is 21.0 Å². The smallest absolute Gasteiger partial charge is 0.183 e. The first-order chi connectivity index (χ1) is 6.15. The second-order valence-corrected chi connectivity index (χ2v) is 4.86. The molecule has 1 aliphatic heterocycles. The normalized spacial score (nSPS) is 19.0. The third-order valence-electron chi connectivity index (χ3n) is 2.06. The highest BCUT2D eigenvalue weighted by molar-refractivity contribution is 9.13. The molecule has 1 saturated heterocycles. The fraction of sp³-hybridized carbons (Fsp3) is 0.500. The van der Waals surface area contributed by atoms with Gasteiger partial charge in [-0.25, -0.2) is 0 Å². The monoisotopic (exact) mass is 308 g/mol. The van der Waals surface area contributed by atoms with Gasteiger partial charge in [0.05, 0.1) is 11.0 Å². The van der Waals surface area contributed by atoms with Gasteiger partial charge in [-0.05, 0) is 37.9 Å². The molecule has 0 atom stereocenters. The lowest BCUT2D eigenvalue weighted by molar-refractivity contribution is 0.131. The summed E-state index contributed by atoms with van der Waals surface area (Å²) < 4.78 is 7.17. The summed E-state index contributed by atoms with van der Waals surface area (Å²) in [5.41, 5.74) is 5.67. The van der Waals surface area contributed by atoms with Crippen molar-refractivity contribution in [2.24, 2.45) is 5.73 Å². The SMILES string of the molecule is NC1CN(Cc2cc(Br)c(Br)o2)C1. The molecule has 1 aromatic rings. The van der Waals surface area contributed by atoms with Gasteiger partial charge in [0.25, 0.3) is 0 Å². The quantitative estimate of drug-likeness (QED) is 0.908. The maximum atomic E-state index is 5.67. The van der Waals surface area contributed by atoms with Crippen LogP contribution in [-0.4, -0.2) is 24.0 Å². The Morgan fingerprint density at radius 2 is 2.23 bits per heavy atom. The second kappa shape index (κ2) is 3.73. The Balaban J connectivity index is 1.95. The third kappa shape index (κ3) is 2.15. The van der Waals surface area contributed by atoms with E-state index in [-0.39, 0.29) is 0 Å². The Kier molecular flexibility index (Phi) is 2.78. The number of likely N-dealkylation sites (tertiary alicyclic amines) is 1. The zero-order valence-corrected chi connectivity index (χ0v) is 10.1. The van der Waals surface area contributed by atoms with Gasteiger partial charge < -0.3 is 10.2 Å². The fourth-order valence-electron chi connectivity index (χ4n) is 1.43. The van der Waals surface area contributed by atoms with Gasteiger partial charge in [-0.15, -0.1) is 0 Å². The molecule has 2 rings (SSSR count). The first-order valence-electron chi connectivity index (χ1n) is 4.07. The molecule has 0 bridgehead atoms. The molecule has 3 nitrogen and oxygen atoms in total. The van der Waals surface area contributed by atoms with Crippen LogP contribution in [0.25, 0.3) is 0 Å². The average molecular weight is 310 g/mol. The molecule has 72 valence electrons. The molecule has 0 aromatic carbocycles. The first kappa shape index (κ1) is 9.71. The van der Waals surface area contributed by atoms with Crippen molar-refractivity contribution in [2.45, 2.75) is 12.6 Å². The van der Waals surface area contributed by atoms with E-state index in [0.29, 0.717) is 6.04 Å². The second-order valence-electron chi connectivity index (χ2n) is 3.29. The lowest BCUT2D eigenvalue weighted by Crippen LogP contribution is -2.54. The number of nitrogens with two attached hydrogens (primary N) is 1. The molecule has 0 saturated carbocycles. The molecular weight excluding hydrogens is 300 g/mol. The van der Waals surface area contributed by atoms with Crippen LogP contribution in [0.1, 0.15) is 5.76 Å². The van der Waals surface area contributed by atoms with Crippen LogP contribution in [0.3, 0.4) is 0 Å². The summed E-state index contributed by atoms with van der Waals surface area (Å²) >= 11 is 6.67. The van der Waals surface area contributed by atoms with Crippen LogP contribution in [0, 0.1) is 0 Å². The minimum Gasteiger partial charge on any atom is -0.452 e. The molecule has 0 amide bonds. The zero-order valence-electron chi connectivity index (χ0n) is 6.96. The minimum atomic E-state index is 0.349. The van der Waals surface area contributed by atoms with E-state index in [1.54, 1.807) is 0 Å². The van der Waals surface area contributed by atoms with E-state index < -0.39 is 0 Å². The van der Waals surface area contributed by atoms with Crippen molar-refractivity contribution in [1.82, 2.24) is 4.90 Å². The van der Waals surface area contributed by atoms with Crippen molar-refractivity contribution in [3.8, 4) is 0 Å². The number of rotatable bonds is 2. The average Bonchev–Trinajstić information content (AvgIpc) is 2.28. The predicted octanol–water partition coefficient (Wildman–Crippen LogP) is 1.95. The number of halogens is 2. The number of nitrogens with zero attached hydrogens (tertiary/aromatic N) is 1. The van der Waals surface area contributed by atoms with Gasteiger partial charge in [-0.3, -0.25) is 4.90 Å². The van der Waals surface area contributed by atoms with Crippen molar-refractivity contribution in [2.75, 3.05) is 13.1 Å². The van der Waals surface area contributed by atoms with Crippen LogP contribution in [-0.2, 0) is 6.54 Å². The van der Waals surface area contributed by atoms with E-state index in [1.165, 1.54) is 0 Å². The summed E-state index contributed by atoms with van der Waals surface area (Å²) in [5.74, 6) is 0.964. The van der Waals surface area contributed by atoms with Gasteiger partial charge in [0.2, 0.25) is 0 Å². The predicted molar refractivity (Wildman–Crippen MR) is 57.4 cm³/mol. The molecule has 2 heterocycles. The largest absolute Gasteiger partial charge is 0.452 e. The van der Waals surface area contributed by atoms with E-state index in [2.05, 4.69) is 36.8 Å². The highest BCUT2D eigenvalue weighted by Crippen LogP contribution is 2.27. The fourth-order valence-corrected chi connectivity index (χ4v) is 2.09. The Morgan fingerprint density at radius 3 is 2.69 bits per heavy atom. The van der Waals surface area contributed by atoms with Crippen LogP contribution in [0.15, 0.2) is 19.6 Å². The van der Waals surface area contributed by atoms with Gasteiger partial charge in [0, 0.05) is 19.1 Å². The molecule has 0 spiro atoms. The lowest BCUT2D eigenvalue weighted by atomic mass is 10.1. The minimum absolute atomic E-state index is 0.349. The molecular formula is C8H10Br2N2O. The van der Waals surface area contributed by atoms with Crippen LogP contribution in [0.5, 0.6) is 0 Å². The summed E-state index contributed by atoms with van der Waals surface area (Å²) in [5, 5.41) is 0. The zero-order chi connectivity index (χ0) is 9.42. The highest BCUT2D eigenvalue weighted by atomic mass is 79.9. The maximum Gasteiger partial charge on any atom is 0.183 e. The van der Waals surface area contributed by atoms with Crippen molar-refractivity contribution < 1.29 is 4.42 Å². The number of hydrogen-bond donors (Lipinski definition) is 1. The molecule has 1 aromatic heterocycles. The van der Waals surface area contributed by atoms with Crippen LogP contribution < -0.4 is 5.73 Å². The molecule has 0 aliphatic carbocycles.